The van der Waals surface area contributed by atoms with E-state index in [0.29, 0.717) is 6.61 Å². The van der Waals surface area contributed by atoms with Gasteiger partial charge in [0.2, 0.25) is 6.79 Å². The average Bonchev–Trinajstić information content (AvgIpc) is 3.04. The number of hydrogen-bond donors (Lipinski definition) is 0. The van der Waals surface area contributed by atoms with Crippen molar-refractivity contribution in [2.24, 2.45) is 11.8 Å². The zero-order chi connectivity index (χ0) is 15.5. The Kier molecular flexibility index (Phi) is 3.00. The van der Waals surface area contributed by atoms with E-state index in [9.17, 15) is 4.79 Å². The molecule has 5 nitrogen and oxygen atoms in total. The second kappa shape index (κ2) is 4.70. The molecule has 118 valence electrons. The number of carbonyl (C=O) groups excluding carboxylic acids is 1. The molecule has 4 rings (SSSR count). The first-order valence-electron chi connectivity index (χ1n) is 7.69. The minimum atomic E-state index is -0.462. The van der Waals surface area contributed by atoms with Crippen molar-refractivity contribution in [2.45, 2.75) is 39.1 Å². The van der Waals surface area contributed by atoms with Gasteiger partial charge < -0.3 is 18.9 Å². The van der Waals surface area contributed by atoms with Crippen LogP contribution >= 0.6 is 0 Å². The van der Waals surface area contributed by atoms with Crippen molar-refractivity contribution in [2.75, 3.05) is 13.4 Å². The number of hydrogen-bond acceptors (Lipinski definition) is 5. The van der Waals surface area contributed by atoms with E-state index in [0.717, 1.165) is 29.0 Å². The first kappa shape index (κ1) is 14.0. The lowest BCUT2D eigenvalue weighted by Crippen LogP contribution is -2.39. The molecule has 0 bridgehead atoms. The molecule has 0 N–H and O–H groups in total. The van der Waals surface area contributed by atoms with Crippen LogP contribution in [0, 0.1) is 11.8 Å². The predicted octanol–water partition coefficient (Wildman–Crippen LogP) is 2.56. The summed E-state index contributed by atoms with van der Waals surface area (Å²) in [5.74, 6) is 1.46. The number of Topliss-reactive ketones (excluding diaryl/α,β-unsaturated/α-hetero) is 1. The van der Waals surface area contributed by atoms with Gasteiger partial charge in [0.15, 0.2) is 23.6 Å². The van der Waals surface area contributed by atoms with E-state index >= 15 is 0 Å². The van der Waals surface area contributed by atoms with E-state index in [1.54, 1.807) is 0 Å². The summed E-state index contributed by atoms with van der Waals surface area (Å²) >= 11 is 0. The Morgan fingerprint density at radius 3 is 2.82 bits per heavy atom. The van der Waals surface area contributed by atoms with E-state index in [1.807, 2.05) is 32.9 Å². The molecule has 3 atom stereocenters. The number of carbonyl (C=O) groups is 1. The van der Waals surface area contributed by atoms with Crippen LogP contribution in [0.2, 0.25) is 0 Å². The third-order valence-corrected chi connectivity index (χ3v) is 4.42. The molecular formula is C17H20O5. The van der Waals surface area contributed by atoms with Crippen molar-refractivity contribution >= 4 is 5.78 Å². The van der Waals surface area contributed by atoms with Crippen LogP contribution in [-0.4, -0.2) is 31.1 Å². The standard InChI is InChI=1S/C17H20O5/c1-17(2,3)22-16-13-9(7-19-16)6-11-10(14(13)18)4-5-12-15(11)21-8-20-12/h4-5,9,13,16H,6-8H2,1-3H3/t9-,13-,16-/m0/s1. The first-order chi connectivity index (χ1) is 10.4. The number of rotatable bonds is 1. The summed E-state index contributed by atoms with van der Waals surface area (Å²) in [6, 6.07) is 3.66. The molecule has 0 spiro atoms. The molecule has 2 heterocycles. The van der Waals surface area contributed by atoms with Crippen molar-refractivity contribution < 1.29 is 23.7 Å². The topological polar surface area (TPSA) is 54.0 Å². The molecule has 0 aromatic heterocycles. The van der Waals surface area contributed by atoms with Gasteiger partial charge in [-0.15, -0.1) is 0 Å². The fourth-order valence-electron chi connectivity index (χ4n) is 3.53. The van der Waals surface area contributed by atoms with Gasteiger partial charge >= 0.3 is 0 Å². The molecule has 0 saturated carbocycles. The van der Waals surface area contributed by atoms with Gasteiger partial charge in [-0.1, -0.05) is 0 Å². The summed E-state index contributed by atoms with van der Waals surface area (Å²) in [4.78, 5) is 12.9. The fourth-order valence-corrected chi connectivity index (χ4v) is 3.53. The zero-order valence-corrected chi connectivity index (χ0v) is 13.0. The third kappa shape index (κ3) is 2.11. The van der Waals surface area contributed by atoms with Gasteiger partial charge in [-0.05, 0) is 39.3 Å². The summed E-state index contributed by atoms with van der Waals surface area (Å²) < 4.78 is 22.7. The predicted molar refractivity (Wildman–Crippen MR) is 78.2 cm³/mol. The van der Waals surface area contributed by atoms with Crippen LogP contribution in [0.25, 0.3) is 0 Å². The van der Waals surface area contributed by atoms with Gasteiger partial charge in [0.25, 0.3) is 0 Å². The van der Waals surface area contributed by atoms with E-state index in [1.165, 1.54) is 0 Å². The molecule has 1 aliphatic carbocycles. The van der Waals surface area contributed by atoms with Crippen molar-refractivity contribution in [3.63, 3.8) is 0 Å². The molecule has 5 heteroatoms. The molecule has 2 aliphatic heterocycles. The lowest BCUT2D eigenvalue weighted by Gasteiger charge is -2.31. The fraction of sp³-hybridized carbons (Fsp3) is 0.588. The number of ether oxygens (including phenoxy) is 4. The second-order valence-electron chi connectivity index (χ2n) is 7.11. The minimum absolute atomic E-state index is 0.0938. The third-order valence-electron chi connectivity index (χ3n) is 4.42. The molecule has 0 radical (unpaired) electrons. The van der Waals surface area contributed by atoms with Crippen LogP contribution in [0.4, 0.5) is 0 Å². The normalized spacial score (nSPS) is 29.4. The summed E-state index contributed by atoms with van der Waals surface area (Å²) in [5.41, 5.74) is 1.34. The van der Waals surface area contributed by atoms with Gasteiger partial charge in [-0.3, -0.25) is 4.79 Å². The Hall–Kier alpha value is -1.59. The van der Waals surface area contributed by atoms with Crippen LogP contribution in [0.1, 0.15) is 36.7 Å². The molecule has 1 fully saturated rings. The van der Waals surface area contributed by atoms with Crippen molar-refractivity contribution in [1.29, 1.82) is 0 Å². The van der Waals surface area contributed by atoms with Crippen molar-refractivity contribution in [3.8, 4) is 11.5 Å². The lowest BCUT2D eigenvalue weighted by molar-refractivity contribution is -0.181. The molecule has 1 saturated heterocycles. The highest BCUT2D eigenvalue weighted by molar-refractivity contribution is 6.02. The zero-order valence-electron chi connectivity index (χ0n) is 13.0. The van der Waals surface area contributed by atoms with Gasteiger partial charge in [0.05, 0.1) is 18.1 Å². The van der Waals surface area contributed by atoms with Crippen LogP contribution in [-0.2, 0) is 15.9 Å². The largest absolute Gasteiger partial charge is 0.454 e. The van der Waals surface area contributed by atoms with Gasteiger partial charge in [-0.2, -0.15) is 0 Å². The van der Waals surface area contributed by atoms with E-state index < -0.39 is 6.29 Å². The van der Waals surface area contributed by atoms with Crippen molar-refractivity contribution in [3.05, 3.63) is 23.3 Å². The quantitative estimate of drug-likeness (QED) is 0.798. The SMILES string of the molecule is CC(C)(C)O[C@@H]1OC[C@@H]2Cc3c(ccc4c3OCO4)C(=O)[C@H]21. The molecule has 0 unspecified atom stereocenters. The summed E-state index contributed by atoms with van der Waals surface area (Å²) in [6.45, 7) is 6.69. The Bertz CT molecular complexity index is 631. The van der Waals surface area contributed by atoms with Crippen LogP contribution in [0.3, 0.4) is 0 Å². The average molecular weight is 304 g/mol. The summed E-state index contributed by atoms with van der Waals surface area (Å²) in [5, 5.41) is 0. The van der Waals surface area contributed by atoms with Crippen LogP contribution in [0.15, 0.2) is 12.1 Å². The van der Waals surface area contributed by atoms with E-state index in [2.05, 4.69) is 0 Å². The monoisotopic (exact) mass is 304 g/mol. The Labute approximate surface area is 129 Å². The van der Waals surface area contributed by atoms with Gasteiger partial charge in [0.1, 0.15) is 0 Å². The van der Waals surface area contributed by atoms with Crippen LogP contribution in [0.5, 0.6) is 11.5 Å². The molecule has 22 heavy (non-hydrogen) atoms. The molecule has 3 aliphatic rings. The molecular weight excluding hydrogens is 284 g/mol. The molecule has 1 aromatic rings. The van der Waals surface area contributed by atoms with Crippen molar-refractivity contribution in [1.82, 2.24) is 0 Å². The van der Waals surface area contributed by atoms with Crippen LogP contribution < -0.4 is 9.47 Å². The maximum atomic E-state index is 12.9. The minimum Gasteiger partial charge on any atom is -0.454 e. The maximum absolute atomic E-state index is 12.9. The second-order valence-corrected chi connectivity index (χ2v) is 7.11. The van der Waals surface area contributed by atoms with E-state index in [-0.39, 0.29) is 30.0 Å². The summed E-state index contributed by atoms with van der Waals surface area (Å²) in [7, 11) is 0. The smallest absolute Gasteiger partial charge is 0.231 e. The molecule has 1 aromatic carbocycles. The van der Waals surface area contributed by atoms with Gasteiger partial charge in [-0.25, -0.2) is 0 Å². The Morgan fingerprint density at radius 1 is 1.23 bits per heavy atom. The lowest BCUT2D eigenvalue weighted by atomic mass is 9.75. The first-order valence-corrected chi connectivity index (χ1v) is 7.69. The Balaban J connectivity index is 1.69. The number of benzene rings is 1. The van der Waals surface area contributed by atoms with Gasteiger partial charge in [0, 0.05) is 17.0 Å². The summed E-state index contributed by atoms with van der Waals surface area (Å²) in [6.07, 6.45) is 0.304. The number of fused-ring (bicyclic) bond motifs is 4. The molecule has 0 amide bonds. The Morgan fingerprint density at radius 2 is 2.05 bits per heavy atom. The highest BCUT2D eigenvalue weighted by Gasteiger charge is 2.49. The maximum Gasteiger partial charge on any atom is 0.231 e. The number of ketones is 1. The highest BCUT2D eigenvalue weighted by Crippen LogP contribution is 2.46. The highest BCUT2D eigenvalue weighted by atomic mass is 16.7. The van der Waals surface area contributed by atoms with E-state index in [4.69, 9.17) is 18.9 Å².